The monoisotopic (exact) mass is 316 g/mol. The Morgan fingerprint density at radius 2 is 1.81 bits per heavy atom. The number of piperidine rings is 1. The molecular weight excluding hydrogens is 284 g/mol. The van der Waals surface area contributed by atoms with Gasteiger partial charge in [0, 0.05) is 18.5 Å². The second kappa shape index (κ2) is 8.38. The largest absolute Gasteiger partial charge is 0.342 e. The zero-order valence-corrected chi connectivity index (χ0v) is 14.8. The predicted molar refractivity (Wildman–Crippen MR) is 90.8 cm³/mol. The summed E-state index contributed by atoms with van der Waals surface area (Å²) in [6.45, 7) is 7.56. The van der Waals surface area contributed by atoms with Gasteiger partial charge >= 0.3 is 0 Å². The molecule has 0 aromatic carbocycles. The van der Waals surface area contributed by atoms with E-state index in [2.05, 4.69) is 24.1 Å². The summed E-state index contributed by atoms with van der Waals surface area (Å²) in [5.74, 6) is 1.86. The van der Waals surface area contributed by atoms with Crippen molar-refractivity contribution in [3.8, 4) is 0 Å². The minimum Gasteiger partial charge on any atom is -0.342 e. The number of hydrogen-bond acceptors (Lipinski definition) is 2. The molecule has 1 heterocycles. The summed E-state index contributed by atoms with van der Waals surface area (Å²) in [6, 6.07) is 0. The summed E-state index contributed by atoms with van der Waals surface area (Å²) in [7, 11) is 2.02. The van der Waals surface area contributed by atoms with Crippen molar-refractivity contribution in [2.45, 2.75) is 58.8 Å². The molecule has 1 N–H and O–H groups in total. The maximum absolute atomic E-state index is 13.0. The molecule has 0 unspecified atom stereocenters. The van der Waals surface area contributed by atoms with Gasteiger partial charge in [0.05, 0.1) is 0 Å². The molecule has 124 valence electrons. The lowest BCUT2D eigenvalue weighted by Gasteiger charge is -2.39. The van der Waals surface area contributed by atoms with E-state index in [4.69, 9.17) is 0 Å². The molecule has 2 fully saturated rings. The SMILES string of the molecule is CNCC1CCN(C(=O)C2(CC(C)C)CCCC2)CC1.Cl. The number of halogens is 1. The highest BCUT2D eigenvalue weighted by Crippen LogP contribution is 2.45. The maximum Gasteiger partial charge on any atom is 0.228 e. The third-order valence-electron chi connectivity index (χ3n) is 5.21. The number of carbonyl (C=O) groups is 1. The molecule has 0 aromatic heterocycles. The van der Waals surface area contributed by atoms with Gasteiger partial charge in [-0.2, -0.15) is 0 Å². The quantitative estimate of drug-likeness (QED) is 0.842. The molecule has 1 saturated carbocycles. The van der Waals surface area contributed by atoms with Crippen LogP contribution in [0.15, 0.2) is 0 Å². The van der Waals surface area contributed by atoms with Crippen LogP contribution in [0.25, 0.3) is 0 Å². The van der Waals surface area contributed by atoms with Crippen LogP contribution in [0.3, 0.4) is 0 Å². The first kappa shape index (κ1) is 18.8. The summed E-state index contributed by atoms with van der Waals surface area (Å²) in [6.07, 6.45) is 8.17. The number of carbonyl (C=O) groups excluding carboxylic acids is 1. The smallest absolute Gasteiger partial charge is 0.228 e. The van der Waals surface area contributed by atoms with Crippen LogP contribution in [0.1, 0.15) is 58.8 Å². The summed E-state index contributed by atoms with van der Waals surface area (Å²) in [4.78, 5) is 15.2. The summed E-state index contributed by atoms with van der Waals surface area (Å²) < 4.78 is 0. The van der Waals surface area contributed by atoms with Crippen LogP contribution in [0.5, 0.6) is 0 Å². The normalized spacial score (nSPS) is 22.4. The van der Waals surface area contributed by atoms with E-state index in [1.54, 1.807) is 0 Å². The van der Waals surface area contributed by atoms with E-state index < -0.39 is 0 Å². The number of hydrogen-bond donors (Lipinski definition) is 1. The first-order chi connectivity index (χ1) is 9.57. The van der Waals surface area contributed by atoms with E-state index in [0.29, 0.717) is 11.8 Å². The lowest BCUT2D eigenvalue weighted by Crippen LogP contribution is -2.47. The van der Waals surface area contributed by atoms with E-state index in [1.807, 2.05) is 7.05 Å². The van der Waals surface area contributed by atoms with Crippen LogP contribution < -0.4 is 5.32 Å². The number of nitrogens with zero attached hydrogens (tertiary/aromatic N) is 1. The van der Waals surface area contributed by atoms with Crippen LogP contribution >= 0.6 is 12.4 Å². The standard InChI is InChI=1S/C17H32N2O.ClH/c1-14(2)12-17(8-4-5-9-17)16(20)19-10-6-15(7-11-19)13-18-3;/h14-15,18H,4-13H2,1-3H3;1H. The van der Waals surface area contributed by atoms with Crippen molar-refractivity contribution in [3.05, 3.63) is 0 Å². The average Bonchev–Trinajstić information content (AvgIpc) is 2.88. The molecule has 0 aromatic rings. The van der Waals surface area contributed by atoms with Crippen molar-refractivity contribution in [3.63, 3.8) is 0 Å². The molecule has 0 bridgehead atoms. The van der Waals surface area contributed by atoms with Crippen molar-refractivity contribution < 1.29 is 4.79 Å². The Labute approximate surface area is 136 Å². The zero-order chi connectivity index (χ0) is 14.6. The lowest BCUT2D eigenvalue weighted by atomic mass is 9.76. The van der Waals surface area contributed by atoms with E-state index in [9.17, 15) is 4.79 Å². The van der Waals surface area contributed by atoms with Crippen LogP contribution in [0.4, 0.5) is 0 Å². The van der Waals surface area contributed by atoms with Gasteiger partial charge in [-0.05, 0) is 57.5 Å². The van der Waals surface area contributed by atoms with Gasteiger partial charge in [0.1, 0.15) is 0 Å². The molecular formula is C17H33ClN2O. The fourth-order valence-corrected chi connectivity index (χ4v) is 4.30. The van der Waals surface area contributed by atoms with Gasteiger partial charge in [-0.1, -0.05) is 26.7 Å². The Morgan fingerprint density at radius 1 is 1.24 bits per heavy atom. The summed E-state index contributed by atoms with van der Waals surface area (Å²) in [5, 5.41) is 3.27. The molecule has 1 saturated heterocycles. The van der Waals surface area contributed by atoms with E-state index in [1.165, 1.54) is 25.7 Å². The second-order valence-corrected chi connectivity index (χ2v) is 7.38. The van der Waals surface area contributed by atoms with Crippen molar-refractivity contribution in [1.29, 1.82) is 0 Å². The van der Waals surface area contributed by atoms with Gasteiger partial charge in [0.15, 0.2) is 0 Å². The Bertz CT molecular complexity index is 319. The molecule has 0 spiro atoms. The van der Waals surface area contributed by atoms with Crippen LogP contribution in [-0.4, -0.2) is 37.5 Å². The first-order valence-electron chi connectivity index (χ1n) is 8.51. The van der Waals surface area contributed by atoms with Crippen molar-refractivity contribution in [2.24, 2.45) is 17.3 Å². The van der Waals surface area contributed by atoms with Crippen LogP contribution in [0.2, 0.25) is 0 Å². The maximum atomic E-state index is 13.0. The molecule has 0 atom stereocenters. The molecule has 1 aliphatic carbocycles. The minimum atomic E-state index is -0.00991. The van der Waals surface area contributed by atoms with Crippen molar-refractivity contribution in [1.82, 2.24) is 10.2 Å². The molecule has 1 amide bonds. The van der Waals surface area contributed by atoms with E-state index in [0.717, 1.165) is 44.8 Å². The fourth-order valence-electron chi connectivity index (χ4n) is 4.30. The summed E-state index contributed by atoms with van der Waals surface area (Å²) in [5.41, 5.74) is -0.00991. The van der Waals surface area contributed by atoms with Gasteiger partial charge in [-0.25, -0.2) is 0 Å². The number of amides is 1. The van der Waals surface area contributed by atoms with Crippen molar-refractivity contribution >= 4 is 18.3 Å². The van der Waals surface area contributed by atoms with Gasteiger partial charge in [-0.3, -0.25) is 4.79 Å². The Kier molecular flexibility index (Phi) is 7.49. The number of likely N-dealkylation sites (tertiary alicyclic amines) is 1. The third-order valence-corrected chi connectivity index (χ3v) is 5.21. The van der Waals surface area contributed by atoms with Crippen molar-refractivity contribution in [2.75, 3.05) is 26.7 Å². The summed E-state index contributed by atoms with van der Waals surface area (Å²) >= 11 is 0. The van der Waals surface area contributed by atoms with Gasteiger partial charge in [-0.15, -0.1) is 12.4 Å². The van der Waals surface area contributed by atoms with Gasteiger partial charge < -0.3 is 10.2 Å². The third kappa shape index (κ3) is 4.59. The highest BCUT2D eigenvalue weighted by Gasteiger charge is 2.44. The second-order valence-electron chi connectivity index (χ2n) is 7.38. The molecule has 3 nitrogen and oxygen atoms in total. The number of rotatable bonds is 5. The average molecular weight is 317 g/mol. The highest BCUT2D eigenvalue weighted by molar-refractivity contribution is 5.85. The Hall–Kier alpha value is -0.280. The minimum absolute atomic E-state index is 0. The lowest BCUT2D eigenvalue weighted by molar-refractivity contribution is -0.144. The zero-order valence-electron chi connectivity index (χ0n) is 14.0. The first-order valence-corrected chi connectivity index (χ1v) is 8.51. The molecule has 2 rings (SSSR count). The van der Waals surface area contributed by atoms with Crippen LogP contribution in [0, 0.1) is 17.3 Å². The Morgan fingerprint density at radius 3 is 2.29 bits per heavy atom. The topological polar surface area (TPSA) is 32.3 Å². The molecule has 21 heavy (non-hydrogen) atoms. The van der Waals surface area contributed by atoms with Gasteiger partial charge in [0.2, 0.25) is 5.91 Å². The molecule has 2 aliphatic rings. The molecule has 0 radical (unpaired) electrons. The van der Waals surface area contributed by atoms with Crippen LogP contribution in [-0.2, 0) is 4.79 Å². The fraction of sp³-hybridized carbons (Fsp3) is 0.941. The van der Waals surface area contributed by atoms with Gasteiger partial charge in [0.25, 0.3) is 0 Å². The predicted octanol–water partition coefficient (Wildman–Crippen LogP) is 3.47. The molecule has 1 aliphatic heterocycles. The number of nitrogens with one attached hydrogen (secondary N) is 1. The Balaban J connectivity index is 0.00000220. The van der Waals surface area contributed by atoms with E-state index in [-0.39, 0.29) is 17.8 Å². The molecule has 4 heteroatoms. The highest BCUT2D eigenvalue weighted by atomic mass is 35.5. The van der Waals surface area contributed by atoms with E-state index >= 15 is 0 Å².